The van der Waals surface area contributed by atoms with Crippen molar-refractivity contribution >= 4 is 17.4 Å². The molecule has 1 aromatic rings. The number of hydrogen-bond acceptors (Lipinski definition) is 3. The van der Waals surface area contributed by atoms with Gasteiger partial charge in [0, 0.05) is 19.5 Å². The molecule has 9 unspecified atom stereocenters. The van der Waals surface area contributed by atoms with Crippen molar-refractivity contribution in [2.24, 2.45) is 56.7 Å². The number of amides is 1. The Balaban J connectivity index is 1.08. The quantitative estimate of drug-likeness (QED) is 0.159. The molecule has 1 heterocycles. The third kappa shape index (κ3) is 5.38. The second kappa shape index (κ2) is 12.4. The van der Waals surface area contributed by atoms with E-state index in [0.29, 0.717) is 40.1 Å². The number of carbonyl (C=O) groups is 2. The van der Waals surface area contributed by atoms with Gasteiger partial charge in [0.2, 0.25) is 5.91 Å². The van der Waals surface area contributed by atoms with Crippen molar-refractivity contribution in [1.29, 1.82) is 0 Å². The van der Waals surface area contributed by atoms with Crippen LogP contribution in [0, 0.1) is 56.7 Å². The molecule has 1 aromatic carbocycles. The van der Waals surface area contributed by atoms with Gasteiger partial charge in [-0.25, -0.2) is 4.79 Å². The van der Waals surface area contributed by atoms with Crippen LogP contribution in [0.4, 0.5) is 17.6 Å². The first kappa shape index (κ1) is 37.6. The molecular formula is C43H58F4N2O3. The molecule has 5 fully saturated rings. The number of likely N-dealkylation sites (tertiary alicyclic amines) is 1. The van der Waals surface area contributed by atoms with Gasteiger partial charge < -0.3 is 15.3 Å². The van der Waals surface area contributed by atoms with Crippen LogP contribution in [-0.2, 0) is 4.79 Å². The first-order chi connectivity index (χ1) is 24.3. The minimum Gasteiger partial charge on any atom is -0.478 e. The highest BCUT2D eigenvalue weighted by Gasteiger charge is 2.70. The van der Waals surface area contributed by atoms with Gasteiger partial charge in [-0.3, -0.25) is 4.79 Å². The van der Waals surface area contributed by atoms with Gasteiger partial charge in [0.05, 0.1) is 18.7 Å². The third-order valence-electron chi connectivity index (χ3n) is 16.6. The zero-order valence-corrected chi connectivity index (χ0v) is 31.7. The standard InChI is InChI=1S/C43H58F4N2O3/c1-7-27-14-20-41(24-48-23-17-34(50)49-25-42(44,45)43(46,47)26-49)22-21-39(5)31(35(27)41)12-13-33-38(4)18-15-30(28-8-10-29(11-9-28)36(51)52)37(2,3)32(38)16-19-40(33,39)6/h7-11,15,27,31-33,35,48H,1,12-14,16-26H2,2-6H3,(H,51,52). The number of aromatic carboxylic acids is 1. The van der Waals surface area contributed by atoms with E-state index in [9.17, 15) is 32.3 Å². The van der Waals surface area contributed by atoms with Gasteiger partial charge >= 0.3 is 17.8 Å². The van der Waals surface area contributed by atoms with Crippen molar-refractivity contribution < 1.29 is 32.3 Å². The number of alkyl halides is 4. The fourth-order valence-corrected chi connectivity index (χ4v) is 13.9. The van der Waals surface area contributed by atoms with E-state index in [1.54, 1.807) is 12.1 Å². The molecule has 52 heavy (non-hydrogen) atoms. The van der Waals surface area contributed by atoms with E-state index >= 15 is 0 Å². The van der Waals surface area contributed by atoms with Gasteiger partial charge in [-0.15, -0.1) is 6.58 Å². The molecule has 1 aliphatic heterocycles. The summed E-state index contributed by atoms with van der Waals surface area (Å²) in [5.41, 5.74) is 3.26. The number of rotatable bonds is 8. The van der Waals surface area contributed by atoms with Gasteiger partial charge in [0.25, 0.3) is 0 Å². The van der Waals surface area contributed by atoms with Gasteiger partial charge in [0.1, 0.15) is 0 Å². The average molecular weight is 727 g/mol. The molecule has 9 heteroatoms. The summed E-state index contributed by atoms with van der Waals surface area (Å²) in [4.78, 5) is 24.8. The summed E-state index contributed by atoms with van der Waals surface area (Å²) in [6.45, 7) is 15.5. The molecule has 7 rings (SSSR count). The first-order valence-corrected chi connectivity index (χ1v) is 19.7. The van der Waals surface area contributed by atoms with Crippen LogP contribution in [0.2, 0.25) is 0 Å². The summed E-state index contributed by atoms with van der Waals surface area (Å²) in [7, 11) is 0. The zero-order chi connectivity index (χ0) is 37.7. The highest BCUT2D eigenvalue weighted by Crippen LogP contribution is 2.77. The molecule has 2 N–H and O–H groups in total. The highest BCUT2D eigenvalue weighted by molar-refractivity contribution is 5.88. The fraction of sp³-hybridized carbons (Fsp3) is 0.721. The largest absolute Gasteiger partial charge is 0.478 e. The summed E-state index contributed by atoms with van der Waals surface area (Å²) < 4.78 is 55.0. The van der Waals surface area contributed by atoms with Crippen LogP contribution in [0.25, 0.3) is 5.57 Å². The number of carboxylic acids is 1. The molecular weight excluding hydrogens is 668 g/mol. The maximum atomic E-state index is 13.7. The van der Waals surface area contributed by atoms with Gasteiger partial charge in [-0.05, 0) is 138 Å². The number of allylic oxidation sites excluding steroid dienone is 3. The predicted molar refractivity (Wildman–Crippen MR) is 195 cm³/mol. The summed E-state index contributed by atoms with van der Waals surface area (Å²) in [5, 5.41) is 13.0. The fourth-order valence-electron chi connectivity index (χ4n) is 13.9. The van der Waals surface area contributed by atoms with Gasteiger partial charge in [0.15, 0.2) is 0 Å². The lowest BCUT2D eigenvalue weighted by Crippen LogP contribution is -2.65. The molecule has 286 valence electrons. The van der Waals surface area contributed by atoms with Crippen LogP contribution < -0.4 is 5.32 Å². The Morgan fingerprint density at radius 3 is 2.19 bits per heavy atom. The van der Waals surface area contributed by atoms with Crippen molar-refractivity contribution in [3.05, 3.63) is 54.1 Å². The van der Waals surface area contributed by atoms with Crippen LogP contribution in [0.15, 0.2) is 43.0 Å². The SMILES string of the molecule is C=CC1CCC2(CNCCC(=O)N3CC(F)(F)C(F)(F)C3)CCC3(C)C(CCC4C5(C)CC=C(c6ccc(C(=O)O)cc6)C(C)(C)C5CCC43C)C12. The Kier molecular flexibility index (Phi) is 8.99. The second-order valence-electron chi connectivity index (χ2n) is 19.0. The number of benzene rings is 1. The Hall–Kier alpha value is -2.68. The highest BCUT2D eigenvalue weighted by atomic mass is 19.3. The second-order valence-corrected chi connectivity index (χ2v) is 19.0. The molecule has 0 spiro atoms. The molecule has 5 nitrogen and oxygen atoms in total. The summed E-state index contributed by atoms with van der Waals surface area (Å²) in [6.07, 6.45) is 14.7. The number of nitrogens with zero attached hydrogens (tertiary/aromatic N) is 1. The average Bonchev–Trinajstić information content (AvgIpc) is 3.55. The van der Waals surface area contributed by atoms with E-state index in [4.69, 9.17) is 0 Å². The van der Waals surface area contributed by atoms with E-state index in [-0.39, 0.29) is 40.0 Å². The van der Waals surface area contributed by atoms with Crippen LogP contribution >= 0.6 is 0 Å². The Bertz CT molecular complexity index is 1620. The summed E-state index contributed by atoms with van der Waals surface area (Å²) in [6, 6.07) is 7.41. The lowest BCUT2D eigenvalue weighted by atomic mass is 9.32. The maximum Gasteiger partial charge on any atom is 0.335 e. The topological polar surface area (TPSA) is 69.6 Å². The van der Waals surface area contributed by atoms with E-state index in [2.05, 4.69) is 58.7 Å². The van der Waals surface area contributed by atoms with Crippen LogP contribution in [0.5, 0.6) is 0 Å². The van der Waals surface area contributed by atoms with Crippen LogP contribution in [-0.4, -0.2) is 59.9 Å². The molecule has 9 atom stereocenters. The molecule has 5 aliphatic carbocycles. The van der Waals surface area contributed by atoms with Crippen LogP contribution in [0.1, 0.15) is 115 Å². The van der Waals surface area contributed by atoms with Crippen LogP contribution in [0.3, 0.4) is 0 Å². The third-order valence-corrected chi connectivity index (χ3v) is 16.6. The molecule has 0 aromatic heterocycles. The number of nitrogens with one attached hydrogen (secondary N) is 1. The predicted octanol–water partition coefficient (Wildman–Crippen LogP) is 9.74. The Morgan fingerprint density at radius 1 is 0.885 bits per heavy atom. The summed E-state index contributed by atoms with van der Waals surface area (Å²) >= 11 is 0. The van der Waals surface area contributed by atoms with Gasteiger partial charge in [-0.1, -0.05) is 58.9 Å². The smallest absolute Gasteiger partial charge is 0.335 e. The minimum absolute atomic E-state index is 0.0541. The number of carboxylic acid groups (broad SMARTS) is 1. The first-order valence-electron chi connectivity index (χ1n) is 19.7. The maximum absolute atomic E-state index is 13.7. The lowest BCUT2D eigenvalue weighted by Gasteiger charge is -2.72. The summed E-state index contributed by atoms with van der Waals surface area (Å²) in [5.74, 6) is -7.40. The molecule has 4 saturated carbocycles. The monoisotopic (exact) mass is 726 g/mol. The molecule has 0 radical (unpaired) electrons. The van der Waals surface area contributed by atoms with E-state index in [1.807, 2.05) is 12.1 Å². The van der Waals surface area contributed by atoms with Crippen molar-refractivity contribution in [2.45, 2.75) is 111 Å². The van der Waals surface area contributed by atoms with Crippen molar-refractivity contribution in [3.8, 4) is 0 Å². The van der Waals surface area contributed by atoms with E-state index < -0.39 is 36.8 Å². The van der Waals surface area contributed by atoms with Gasteiger partial charge in [-0.2, -0.15) is 17.6 Å². The number of fused-ring (bicyclic) bond motifs is 7. The molecule has 1 saturated heterocycles. The zero-order valence-electron chi connectivity index (χ0n) is 31.7. The number of halogens is 4. The molecule has 6 aliphatic rings. The molecule has 0 bridgehead atoms. The normalized spacial score (nSPS) is 41.2. The van der Waals surface area contributed by atoms with E-state index in [1.165, 1.54) is 24.8 Å². The minimum atomic E-state index is -4.18. The van der Waals surface area contributed by atoms with Crippen molar-refractivity contribution in [2.75, 3.05) is 26.2 Å². The van der Waals surface area contributed by atoms with Crippen molar-refractivity contribution in [3.63, 3.8) is 0 Å². The number of hydrogen-bond donors (Lipinski definition) is 2. The Labute approximate surface area is 307 Å². The number of carbonyl (C=O) groups excluding carboxylic acids is 1. The van der Waals surface area contributed by atoms with Crippen molar-refractivity contribution in [1.82, 2.24) is 10.2 Å². The molecule has 1 amide bonds. The van der Waals surface area contributed by atoms with E-state index in [0.717, 1.165) is 50.6 Å². The Morgan fingerprint density at radius 2 is 1.56 bits per heavy atom. The lowest BCUT2D eigenvalue weighted by molar-refractivity contribution is -0.224.